The van der Waals surface area contributed by atoms with Gasteiger partial charge >= 0.3 is 0 Å². The summed E-state index contributed by atoms with van der Waals surface area (Å²) in [4.78, 5) is 0.136. The highest BCUT2D eigenvalue weighted by Gasteiger charge is 2.21. The zero-order chi connectivity index (χ0) is 15.7. The predicted molar refractivity (Wildman–Crippen MR) is 85.7 cm³/mol. The molecule has 116 valence electrons. The number of aromatic nitrogens is 2. The van der Waals surface area contributed by atoms with Crippen molar-refractivity contribution < 1.29 is 8.42 Å². The molecule has 0 bridgehead atoms. The lowest BCUT2D eigenvalue weighted by Gasteiger charge is -2.09. The Morgan fingerprint density at radius 1 is 1.14 bits per heavy atom. The first-order valence-corrected chi connectivity index (χ1v) is 8.69. The molecule has 0 aliphatic heterocycles. The van der Waals surface area contributed by atoms with Crippen LogP contribution in [0.25, 0.3) is 0 Å². The Morgan fingerprint density at radius 3 is 2.41 bits per heavy atom. The van der Waals surface area contributed by atoms with Crippen LogP contribution in [0.4, 0.5) is 11.6 Å². The minimum absolute atomic E-state index is 0.136. The van der Waals surface area contributed by atoms with Crippen LogP contribution < -0.4 is 10.0 Å². The molecule has 1 aromatic carbocycles. The molecule has 22 heavy (non-hydrogen) atoms. The quantitative estimate of drug-likeness (QED) is 0.875. The van der Waals surface area contributed by atoms with E-state index in [1.54, 1.807) is 25.1 Å². The van der Waals surface area contributed by atoms with E-state index >= 15 is 0 Å². The summed E-state index contributed by atoms with van der Waals surface area (Å²) in [7, 11) is -3.71. The van der Waals surface area contributed by atoms with Crippen molar-refractivity contribution in [3.8, 4) is 0 Å². The van der Waals surface area contributed by atoms with Gasteiger partial charge in [0.15, 0.2) is 5.82 Å². The number of nitrogens with zero attached hydrogens (tertiary/aromatic N) is 2. The second-order valence-electron chi connectivity index (χ2n) is 5.24. The van der Waals surface area contributed by atoms with Crippen molar-refractivity contribution in [2.75, 3.05) is 10.0 Å². The molecule has 0 atom stereocenters. The fourth-order valence-electron chi connectivity index (χ4n) is 1.88. The molecule has 3 rings (SSSR count). The molecule has 0 amide bonds. The second-order valence-corrected chi connectivity index (χ2v) is 7.33. The number of sulfonamides is 1. The van der Waals surface area contributed by atoms with Crippen molar-refractivity contribution in [3.05, 3.63) is 40.9 Å². The lowest BCUT2D eigenvalue weighted by atomic mass is 10.2. The summed E-state index contributed by atoms with van der Waals surface area (Å²) in [5.41, 5.74) is 0.694. The van der Waals surface area contributed by atoms with Crippen LogP contribution in [0, 0.1) is 6.92 Å². The maximum absolute atomic E-state index is 12.3. The standard InChI is InChI=1S/C14H15ClN4O2S/c1-9-8-11(4-5-12(9)15)22(20,21)19-14-7-6-13(17-18-14)16-10-2-3-10/h4-8,10H,2-3H2,1H3,(H,16,17)(H,18,19). The zero-order valence-corrected chi connectivity index (χ0v) is 13.4. The molecule has 6 nitrogen and oxygen atoms in total. The molecule has 1 aromatic heterocycles. The van der Waals surface area contributed by atoms with Crippen molar-refractivity contribution in [2.24, 2.45) is 0 Å². The van der Waals surface area contributed by atoms with Gasteiger partial charge in [-0.05, 0) is 55.7 Å². The van der Waals surface area contributed by atoms with Crippen LogP contribution in [0.2, 0.25) is 5.02 Å². The number of benzene rings is 1. The number of nitrogens with one attached hydrogen (secondary N) is 2. The Balaban J connectivity index is 1.76. The average molecular weight is 339 g/mol. The van der Waals surface area contributed by atoms with Gasteiger partial charge in [0.2, 0.25) is 0 Å². The summed E-state index contributed by atoms with van der Waals surface area (Å²) in [6.07, 6.45) is 2.26. The molecule has 1 saturated carbocycles. The molecule has 1 aliphatic rings. The summed E-state index contributed by atoms with van der Waals surface area (Å²) in [5.74, 6) is 0.821. The highest BCUT2D eigenvalue weighted by atomic mass is 35.5. The number of hydrogen-bond donors (Lipinski definition) is 2. The van der Waals surface area contributed by atoms with Gasteiger partial charge in [-0.2, -0.15) is 0 Å². The number of hydrogen-bond acceptors (Lipinski definition) is 5. The van der Waals surface area contributed by atoms with Crippen molar-refractivity contribution in [1.29, 1.82) is 0 Å². The average Bonchev–Trinajstić information content (AvgIpc) is 3.27. The highest BCUT2D eigenvalue weighted by Crippen LogP contribution is 2.24. The van der Waals surface area contributed by atoms with Crippen molar-refractivity contribution >= 4 is 33.3 Å². The smallest absolute Gasteiger partial charge is 0.263 e. The summed E-state index contributed by atoms with van der Waals surface area (Å²) in [6.45, 7) is 1.75. The Bertz CT molecular complexity index is 789. The third-order valence-corrected chi connectivity index (χ3v) is 5.05. The van der Waals surface area contributed by atoms with Gasteiger partial charge in [-0.3, -0.25) is 4.72 Å². The molecule has 0 spiro atoms. The SMILES string of the molecule is Cc1cc(S(=O)(=O)Nc2ccc(NC3CC3)nn2)ccc1Cl. The molecule has 1 heterocycles. The van der Waals surface area contributed by atoms with E-state index in [2.05, 4.69) is 20.2 Å². The predicted octanol–water partition coefficient (Wildman–Crippen LogP) is 2.81. The molecule has 0 saturated heterocycles. The number of anilines is 2. The van der Waals surface area contributed by atoms with Crippen LogP contribution in [0.5, 0.6) is 0 Å². The van der Waals surface area contributed by atoms with E-state index in [4.69, 9.17) is 11.6 Å². The zero-order valence-electron chi connectivity index (χ0n) is 11.9. The van der Waals surface area contributed by atoms with Crippen LogP contribution in [-0.2, 0) is 10.0 Å². The van der Waals surface area contributed by atoms with E-state index in [0.717, 1.165) is 12.8 Å². The summed E-state index contributed by atoms with van der Waals surface area (Å²) < 4.78 is 27.0. The monoisotopic (exact) mass is 338 g/mol. The first kappa shape index (κ1) is 15.1. The number of aryl methyl sites for hydroxylation is 1. The third-order valence-electron chi connectivity index (χ3n) is 3.27. The Labute approximate surface area is 134 Å². The van der Waals surface area contributed by atoms with Gasteiger partial charge in [0, 0.05) is 11.1 Å². The van der Waals surface area contributed by atoms with Gasteiger partial charge in [0.05, 0.1) is 4.90 Å². The first-order chi connectivity index (χ1) is 10.4. The normalized spacial score (nSPS) is 14.6. The second kappa shape index (κ2) is 5.73. The van der Waals surface area contributed by atoms with E-state index in [-0.39, 0.29) is 10.7 Å². The van der Waals surface area contributed by atoms with Gasteiger partial charge in [0.25, 0.3) is 10.0 Å². The van der Waals surface area contributed by atoms with Gasteiger partial charge in [0.1, 0.15) is 5.82 Å². The topological polar surface area (TPSA) is 84.0 Å². The molecule has 0 radical (unpaired) electrons. The summed E-state index contributed by atoms with van der Waals surface area (Å²) in [5, 5.41) is 11.5. The first-order valence-electron chi connectivity index (χ1n) is 6.83. The number of halogens is 1. The molecule has 2 aromatic rings. The Kier molecular flexibility index (Phi) is 3.92. The van der Waals surface area contributed by atoms with Gasteiger partial charge in [-0.25, -0.2) is 8.42 Å². The maximum atomic E-state index is 12.3. The van der Waals surface area contributed by atoms with Crippen LogP contribution in [0.1, 0.15) is 18.4 Å². The molecule has 2 N–H and O–H groups in total. The van der Waals surface area contributed by atoms with Gasteiger partial charge in [-0.15, -0.1) is 10.2 Å². The summed E-state index contributed by atoms with van der Waals surface area (Å²) in [6, 6.07) is 8.28. The van der Waals surface area contributed by atoms with E-state index < -0.39 is 10.0 Å². The van der Waals surface area contributed by atoms with E-state index in [1.807, 2.05) is 0 Å². The molecular formula is C14H15ClN4O2S. The van der Waals surface area contributed by atoms with E-state index in [0.29, 0.717) is 22.4 Å². The maximum Gasteiger partial charge on any atom is 0.263 e. The summed E-state index contributed by atoms with van der Waals surface area (Å²) >= 11 is 5.91. The number of rotatable bonds is 5. The fraction of sp³-hybridized carbons (Fsp3) is 0.286. The Hall–Kier alpha value is -1.86. The third kappa shape index (κ3) is 3.48. The van der Waals surface area contributed by atoms with E-state index in [9.17, 15) is 8.42 Å². The van der Waals surface area contributed by atoms with Crippen LogP contribution in [0.15, 0.2) is 35.2 Å². The van der Waals surface area contributed by atoms with Crippen molar-refractivity contribution in [2.45, 2.75) is 30.7 Å². The minimum Gasteiger partial charge on any atom is -0.366 e. The van der Waals surface area contributed by atoms with Gasteiger partial charge < -0.3 is 5.32 Å². The lowest BCUT2D eigenvalue weighted by Crippen LogP contribution is -2.15. The molecule has 0 unspecified atom stereocenters. The van der Waals surface area contributed by atoms with Crippen molar-refractivity contribution in [3.63, 3.8) is 0 Å². The lowest BCUT2D eigenvalue weighted by molar-refractivity contribution is 0.601. The van der Waals surface area contributed by atoms with E-state index in [1.165, 1.54) is 12.1 Å². The molecule has 8 heteroatoms. The Morgan fingerprint density at radius 2 is 1.82 bits per heavy atom. The fourth-order valence-corrected chi connectivity index (χ4v) is 3.08. The van der Waals surface area contributed by atoms with Crippen LogP contribution in [-0.4, -0.2) is 24.7 Å². The van der Waals surface area contributed by atoms with Crippen molar-refractivity contribution in [1.82, 2.24) is 10.2 Å². The highest BCUT2D eigenvalue weighted by molar-refractivity contribution is 7.92. The van der Waals surface area contributed by atoms with Crippen LogP contribution >= 0.6 is 11.6 Å². The largest absolute Gasteiger partial charge is 0.366 e. The molecule has 1 aliphatic carbocycles. The van der Waals surface area contributed by atoms with Crippen LogP contribution in [0.3, 0.4) is 0 Å². The minimum atomic E-state index is -3.71. The molecule has 1 fully saturated rings. The molecular weight excluding hydrogens is 324 g/mol. The van der Waals surface area contributed by atoms with Gasteiger partial charge in [-0.1, -0.05) is 11.6 Å².